The van der Waals surface area contributed by atoms with Crippen LogP contribution in [0.1, 0.15) is 24.0 Å². The average molecular weight is 447 g/mol. The molecule has 2 aliphatic rings. The van der Waals surface area contributed by atoms with Gasteiger partial charge in [-0.25, -0.2) is 0 Å². The molecule has 1 N–H and O–H groups in total. The molecule has 9 heteroatoms. The van der Waals surface area contributed by atoms with E-state index in [1.54, 1.807) is 12.0 Å². The van der Waals surface area contributed by atoms with Crippen molar-refractivity contribution in [1.82, 2.24) is 4.90 Å². The Morgan fingerprint density at radius 1 is 1.16 bits per heavy atom. The highest BCUT2D eigenvalue weighted by Crippen LogP contribution is 2.40. The Morgan fingerprint density at radius 3 is 2.44 bits per heavy atom. The molecule has 0 radical (unpaired) electrons. The van der Waals surface area contributed by atoms with Gasteiger partial charge in [0, 0.05) is 25.2 Å². The summed E-state index contributed by atoms with van der Waals surface area (Å²) in [4.78, 5) is 28.1. The highest BCUT2D eigenvalue weighted by molar-refractivity contribution is 5.86. The molecule has 0 saturated carbocycles. The lowest BCUT2D eigenvalue weighted by Crippen LogP contribution is -2.51. The zero-order valence-electron chi connectivity index (χ0n) is 17.6. The number of hydrogen-bond acceptors (Lipinski definition) is 5. The number of halogens is 3. The topological polar surface area (TPSA) is 61.9 Å². The molecule has 2 aromatic rings. The molecule has 1 amide bonds. The largest absolute Gasteiger partial charge is 0.497 e. The van der Waals surface area contributed by atoms with E-state index >= 15 is 0 Å². The summed E-state index contributed by atoms with van der Waals surface area (Å²) in [7, 11) is 1.59. The molecule has 1 unspecified atom stereocenters. The predicted octanol–water partition coefficient (Wildman–Crippen LogP) is 3.70. The number of carbonyl (C=O) groups is 2. The van der Waals surface area contributed by atoms with Gasteiger partial charge in [0.25, 0.3) is 0 Å². The summed E-state index contributed by atoms with van der Waals surface area (Å²) in [6, 6.07) is 10.4. The Bertz CT molecular complexity index is 986. The summed E-state index contributed by atoms with van der Waals surface area (Å²) in [5.41, 5.74) is 1.59. The van der Waals surface area contributed by atoms with Gasteiger partial charge in [0.1, 0.15) is 5.75 Å². The van der Waals surface area contributed by atoms with Gasteiger partial charge in [0.2, 0.25) is 5.91 Å². The molecular weight excluding hydrogens is 423 g/mol. The zero-order chi connectivity index (χ0) is 22.9. The number of nitrogens with one attached hydrogen (secondary N) is 1. The van der Waals surface area contributed by atoms with Gasteiger partial charge in [0.15, 0.2) is 12.5 Å². The first-order chi connectivity index (χ1) is 15.3. The van der Waals surface area contributed by atoms with Crippen LogP contribution in [0.2, 0.25) is 0 Å². The molecule has 1 fully saturated rings. The van der Waals surface area contributed by atoms with E-state index in [2.05, 4.69) is 10.2 Å². The lowest BCUT2D eigenvalue weighted by atomic mass is 10.0. The van der Waals surface area contributed by atoms with Crippen molar-refractivity contribution in [3.8, 4) is 5.75 Å². The van der Waals surface area contributed by atoms with Crippen molar-refractivity contribution in [2.24, 2.45) is 0 Å². The SMILES string of the molecule is COc1ccc2c(c1)NC(C=O)N2C1CCN(C(=O)Cc2ccc(C(F)(F)F)cc2)CC1. The number of likely N-dealkylation sites (tertiary alicyclic amines) is 1. The number of piperidine rings is 1. The minimum atomic E-state index is -4.39. The van der Waals surface area contributed by atoms with Crippen LogP contribution in [0.15, 0.2) is 42.5 Å². The van der Waals surface area contributed by atoms with Crippen LogP contribution in [0.25, 0.3) is 0 Å². The summed E-state index contributed by atoms with van der Waals surface area (Å²) in [6.07, 6.45) is -2.55. The zero-order valence-corrected chi connectivity index (χ0v) is 17.6. The van der Waals surface area contributed by atoms with Crippen molar-refractivity contribution >= 4 is 23.6 Å². The fourth-order valence-corrected chi connectivity index (χ4v) is 4.38. The molecule has 0 bridgehead atoms. The Labute approximate surface area is 183 Å². The number of hydrogen-bond donors (Lipinski definition) is 1. The number of anilines is 2. The van der Waals surface area contributed by atoms with E-state index in [0.29, 0.717) is 37.2 Å². The number of rotatable bonds is 5. The van der Waals surface area contributed by atoms with Crippen LogP contribution in [0.5, 0.6) is 5.75 Å². The number of amides is 1. The first kappa shape index (κ1) is 22.0. The van der Waals surface area contributed by atoms with Gasteiger partial charge in [-0.1, -0.05) is 12.1 Å². The van der Waals surface area contributed by atoms with E-state index in [1.165, 1.54) is 12.1 Å². The van der Waals surface area contributed by atoms with Crippen LogP contribution in [-0.2, 0) is 22.2 Å². The number of aldehydes is 1. The van der Waals surface area contributed by atoms with E-state index in [9.17, 15) is 22.8 Å². The van der Waals surface area contributed by atoms with Crippen LogP contribution in [0.3, 0.4) is 0 Å². The maximum atomic E-state index is 12.7. The molecule has 4 rings (SSSR count). The van der Waals surface area contributed by atoms with Gasteiger partial charge in [-0.15, -0.1) is 0 Å². The number of methoxy groups -OCH3 is 1. The van der Waals surface area contributed by atoms with Gasteiger partial charge in [-0.3, -0.25) is 9.59 Å². The fraction of sp³-hybridized carbons (Fsp3) is 0.391. The third-order valence-electron chi connectivity index (χ3n) is 6.06. The standard InChI is InChI=1S/C23H24F3N3O3/c1-32-18-6-7-20-19(13-18)27-21(14-30)29(20)17-8-10-28(11-9-17)22(31)12-15-2-4-16(5-3-15)23(24,25)26/h2-7,13-14,17,21,27H,8-12H2,1H3. The summed E-state index contributed by atoms with van der Waals surface area (Å²) >= 11 is 0. The van der Waals surface area contributed by atoms with Gasteiger partial charge < -0.3 is 19.9 Å². The summed E-state index contributed by atoms with van der Waals surface area (Å²) in [5.74, 6) is 0.589. The summed E-state index contributed by atoms with van der Waals surface area (Å²) in [5, 5.41) is 3.21. The van der Waals surface area contributed by atoms with E-state index in [0.717, 1.165) is 29.8 Å². The molecule has 0 aromatic heterocycles. The first-order valence-electron chi connectivity index (χ1n) is 10.4. The third kappa shape index (κ3) is 4.37. The van der Waals surface area contributed by atoms with Crippen LogP contribution < -0.4 is 15.0 Å². The number of fused-ring (bicyclic) bond motifs is 1. The average Bonchev–Trinajstić information content (AvgIpc) is 3.16. The van der Waals surface area contributed by atoms with Crippen LogP contribution >= 0.6 is 0 Å². The second-order valence-electron chi connectivity index (χ2n) is 8.00. The third-order valence-corrected chi connectivity index (χ3v) is 6.06. The number of carbonyl (C=O) groups excluding carboxylic acids is 2. The van der Waals surface area contributed by atoms with E-state index in [1.807, 2.05) is 18.2 Å². The van der Waals surface area contributed by atoms with Gasteiger partial charge in [-0.2, -0.15) is 13.2 Å². The maximum absolute atomic E-state index is 12.7. The Hall–Kier alpha value is -3.23. The van der Waals surface area contributed by atoms with Crippen LogP contribution in [0.4, 0.5) is 24.5 Å². The molecule has 1 atom stereocenters. The molecule has 32 heavy (non-hydrogen) atoms. The Balaban J connectivity index is 1.38. The van der Waals surface area contributed by atoms with Crippen molar-refractivity contribution in [3.63, 3.8) is 0 Å². The Morgan fingerprint density at radius 2 is 1.84 bits per heavy atom. The molecule has 170 valence electrons. The number of alkyl halides is 3. The number of benzene rings is 2. The van der Waals surface area contributed by atoms with Crippen molar-refractivity contribution in [2.75, 3.05) is 30.4 Å². The molecule has 2 aliphatic heterocycles. The van der Waals surface area contributed by atoms with Gasteiger partial charge in [0.05, 0.1) is 30.5 Å². The predicted molar refractivity (Wildman–Crippen MR) is 114 cm³/mol. The van der Waals surface area contributed by atoms with Crippen molar-refractivity contribution in [2.45, 2.75) is 37.6 Å². The Kier molecular flexibility index (Phi) is 5.99. The molecule has 2 aromatic carbocycles. The molecule has 6 nitrogen and oxygen atoms in total. The highest BCUT2D eigenvalue weighted by Gasteiger charge is 2.36. The van der Waals surface area contributed by atoms with Gasteiger partial charge in [-0.05, 0) is 42.7 Å². The normalized spacial score (nSPS) is 18.8. The molecular formula is C23H24F3N3O3. The van der Waals surface area contributed by atoms with Crippen LogP contribution in [-0.4, -0.2) is 49.5 Å². The molecule has 0 aliphatic carbocycles. The smallest absolute Gasteiger partial charge is 0.416 e. The minimum absolute atomic E-state index is 0.0632. The van der Waals surface area contributed by atoms with E-state index in [4.69, 9.17) is 4.74 Å². The molecule has 1 saturated heterocycles. The van der Waals surface area contributed by atoms with E-state index in [-0.39, 0.29) is 18.4 Å². The minimum Gasteiger partial charge on any atom is -0.497 e. The van der Waals surface area contributed by atoms with E-state index < -0.39 is 17.9 Å². The monoisotopic (exact) mass is 447 g/mol. The number of ether oxygens (including phenoxy) is 1. The number of nitrogens with zero attached hydrogens (tertiary/aromatic N) is 2. The lowest BCUT2D eigenvalue weighted by molar-refractivity contribution is -0.137. The lowest BCUT2D eigenvalue weighted by Gasteiger charge is -2.39. The first-order valence-corrected chi connectivity index (χ1v) is 10.4. The quantitative estimate of drug-likeness (QED) is 0.709. The van der Waals surface area contributed by atoms with Crippen molar-refractivity contribution in [1.29, 1.82) is 0 Å². The van der Waals surface area contributed by atoms with Gasteiger partial charge >= 0.3 is 6.18 Å². The molecule has 2 heterocycles. The van der Waals surface area contributed by atoms with Crippen molar-refractivity contribution < 1.29 is 27.5 Å². The second-order valence-corrected chi connectivity index (χ2v) is 8.00. The summed E-state index contributed by atoms with van der Waals surface area (Å²) in [6.45, 7) is 1.05. The van der Waals surface area contributed by atoms with Crippen molar-refractivity contribution in [3.05, 3.63) is 53.6 Å². The summed E-state index contributed by atoms with van der Waals surface area (Å²) < 4.78 is 43.4. The fourth-order valence-electron chi connectivity index (χ4n) is 4.38. The van der Waals surface area contributed by atoms with Crippen LogP contribution in [0, 0.1) is 0 Å². The second kappa shape index (κ2) is 8.72. The maximum Gasteiger partial charge on any atom is 0.416 e. The highest BCUT2D eigenvalue weighted by atomic mass is 19.4. The molecule has 0 spiro atoms.